The summed E-state index contributed by atoms with van der Waals surface area (Å²) in [6.07, 6.45) is 1.60. The third-order valence-corrected chi connectivity index (χ3v) is 3.45. The summed E-state index contributed by atoms with van der Waals surface area (Å²) in [7, 11) is 0. The molecule has 2 N–H and O–H groups in total. The molecule has 1 heterocycles. The number of nitrogens with one attached hydrogen (secondary N) is 2. The van der Waals surface area contributed by atoms with Gasteiger partial charge in [-0.15, -0.1) is 0 Å². The van der Waals surface area contributed by atoms with Crippen molar-refractivity contribution < 1.29 is 19.1 Å². The van der Waals surface area contributed by atoms with Crippen molar-refractivity contribution in [3.8, 4) is 11.5 Å². The van der Waals surface area contributed by atoms with Gasteiger partial charge in [-0.05, 0) is 60.2 Å². The number of hydrogen-bond acceptors (Lipinski definition) is 4. The average molecular weight is 402 g/mol. The fourth-order valence-corrected chi connectivity index (χ4v) is 2.65. The largest absolute Gasteiger partial charge is 0.490 e. The summed E-state index contributed by atoms with van der Waals surface area (Å²) in [6.45, 7) is 4.83. The number of amides is 3. The zero-order valence-electron chi connectivity index (χ0n) is 11.7. The summed E-state index contributed by atoms with van der Waals surface area (Å²) in [6, 6.07) is 3.12. The number of rotatable bonds is 5. The van der Waals surface area contributed by atoms with Gasteiger partial charge in [0, 0.05) is 0 Å². The van der Waals surface area contributed by atoms with Crippen LogP contribution in [-0.2, 0) is 4.79 Å². The van der Waals surface area contributed by atoms with E-state index in [-0.39, 0.29) is 5.70 Å². The van der Waals surface area contributed by atoms with Gasteiger partial charge in [-0.25, -0.2) is 4.79 Å². The van der Waals surface area contributed by atoms with E-state index >= 15 is 0 Å². The second-order valence-corrected chi connectivity index (χ2v) is 5.32. The second-order valence-electron chi connectivity index (χ2n) is 4.16. The van der Waals surface area contributed by atoms with Crippen LogP contribution in [0, 0.1) is 3.57 Å². The summed E-state index contributed by atoms with van der Waals surface area (Å²) in [5.41, 5.74) is 0.959. The predicted molar refractivity (Wildman–Crippen MR) is 86.1 cm³/mol. The van der Waals surface area contributed by atoms with Gasteiger partial charge in [0.2, 0.25) is 0 Å². The molecule has 1 fully saturated rings. The lowest BCUT2D eigenvalue weighted by molar-refractivity contribution is -0.115. The van der Waals surface area contributed by atoms with Gasteiger partial charge >= 0.3 is 6.03 Å². The van der Waals surface area contributed by atoms with Crippen molar-refractivity contribution in [1.82, 2.24) is 10.6 Å². The van der Waals surface area contributed by atoms with E-state index < -0.39 is 11.9 Å². The zero-order valence-corrected chi connectivity index (χ0v) is 13.8. The number of ether oxygens (including phenoxy) is 2. The third-order valence-electron chi connectivity index (χ3n) is 2.65. The van der Waals surface area contributed by atoms with E-state index in [4.69, 9.17) is 9.47 Å². The van der Waals surface area contributed by atoms with Gasteiger partial charge in [0.05, 0.1) is 16.8 Å². The highest BCUT2D eigenvalue weighted by molar-refractivity contribution is 14.1. The molecule has 0 radical (unpaired) electrons. The van der Waals surface area contributed by atoms with Crippen molar-refractivity contribution in [3.63, 3.8) is 0 Å². The van der Waals surface area contributed by atoms with E-state index in [9.17, 15) is 9.59 Å². The van der Waals surface area contributed by atoms with E-state index in [2.05, 4.69) is 33.2 Å². The van der Waals surface area contributed by atoms with Crippen LogP contribution in [0.4, 0.5) is 4.79 Å². The number of urea groups is 1. The lowest BCUT2D eigenvalue weighted by Gasteiger charge is -2.13. The zero-order chi connectivity index (χ0) is 15.4. The highest BCUT2D eigenvalue weighted by atomic mass is 127. The molecular weight excluding hydrogens is 387 g/mol. The summed E-state index contributed by atoms with van der Waals surface area (Å²) in [5, 5.41) is 4.61. The van der Waals surface area contributed by atoms with Crippen molar-refractivity contribution in [3.05, 3.63) is 27.0 Å². The van der Waals surface area contributed by atoms with Gasteiger partial charge < -0.3 is 14.8 Å². The molecule has 21 heavy (non-hydrogen) atoms. The van der Waals surface area contributed by atoms with E-state index in [1.165, 1.54) is 0 Å². The van der Waals surface area contributed by atoms with Gasteiger partial charge in [-0.3, -0.25) is 10.1 Å². The van der Waals surface area contributed by atoms with Crippen LogP contribution in [0.25, 0.3) is 6.08 Å². The molecule has 1 saturated heterocycles. The van der Waals surface area contributed by atoms with Gasteiger partial charge in [-0.1, -0.05) is 0 Å². The number of carbonyl (C=O) groups is 2. The van der Waals surface area contributed by atoms with Crippen molar-refractivity contribution in [2.24, 2.45) is 0 Å². The van der Waals surface area contributed by atoms with Gasteiger partial charge in [-0.2, -0.15) is 0 Å². The highest BCUT2D eigenvalue weighted by Gasteiger charge is 2.23. The molecule has 1 aliphatic heterocycles. The standard InChI is InChI=1S/C14H15IN2O4/c1-3-20-11-7-8(5-9(15)12(11)21-4-2)6-10-13(18)17-14(19)16-10/h5-7H,3-4H2,1-2H3,(H2,16,17,18,19)/b10-6-. The first-order valence-electron chi connectivity index (χ1n) is 6.48. The van der Waals surface area contributed by atoms with Crippen LogP contribution in [0.15, 0.2) is 17.8 Å². The Labute approximate surface area is 136 Å². The summed E-state index contributed by atoms with van der Waals surface area (Å²) in [4.78, 5) is 22.6. The molecule has 1 aliphatic rings. The Kier molecular flexibility index (Phi) is 5.05. The molecule has 7 heteroatoms. The summed E-state index contributed by atoms with van der Waals surface area (Å²) >= 11 is 2.15. The Morgan fingerprint density at radius 2 is 1.86 bits per heavy atom. The first-order valence-corrected chi connectivity index (χ1v) is 7.56. The highest BCUT2D eigenvalue weighted by Crippen LogP contribution is 2.34. The van der Waals surface area contributed by atoms with E-state index in [0.29, 0.717) is 24.7 Å². The Hall–Kier alpha value is -1.77. The molecule has 0 bridgehead atoms. The second kappa shape index (κ2) is 6.79. The molecular formula is C14H15IN2O4. The van der Waals surface area contributed by atoms with Gasteiger partial charge in [0.15, 0.2) is 11.5 Å². The maximum atomic E-state index is 11.5. The Morgan fingerprint density at radius 1 is 1.14 bits per heavy atom. The van der Waals surface area contributed by atoms with Crippen LogP contribution in [0.5, 0.6) is 11.5 Å². The molecule has 1 aromatic carbocycles. The lowest BCUT2D eigenvalue weighted by atomic mass is 10.1. The Bertz CT molecular complexity index is 613. The normalized spacial score (nSPS) is 15.9. The first-order chi connectivity index (χ1) is 10.0. The van der Waals surface area contributed by atoms with Crippen LogP contribution in [0.2, 0.25) is 0 Å². The monoisotopic (exact) mass is 402 g/mol. The molecule has 0 aliphatic carbocycles. The van der Waals surface area contributed by atoms with Gasteiger partial charge in [0.25, 0.3) is 5.91 Å². The quantitative estimate of drug-likeness (QED) is 0.450. The smallest absolute Gasteiger partial charge is 0.326 e. The molecule has 2 rings (SSSR count). The molecule has 6 nitrogen and oxygen atoms in total. The topological polar surface area (TPSA) is 76.7 Å². The molecule has 0 atom stereocenters. The fourth-order valence-electron chi connectivity index (χ4n) is 1.87. The van der Waals surface area contributed by atoms with Gasteiger partial charge in [0.1, 0.15) is 5.70 Å². The molecule has 3 amide bonds. The number of carbonyl (C=O) groups excluding carboxylic acids is 2. The van der Waals surface area contributed by atoms with Crippen molar-refractivity contribution in [2.45, 2.75) is 13.8 Å². The summed E-state index contributed by atoms with van der Waals surface area (Å²) < 4.78 is 12.0. The lowest BCUT2D eigenvalue weighted by Crippen LogP contribution is -2.22. The number of hydrogen-bond donors (Lipinski definition) is 2. The number of halogens is 1. The van der Waals surface area contributed by atoms with Crippen LogP contribution >= 0.6 is 22.6 Å². The van der Waals surface area contributed by atoms with Crippen LogP contribution in [0.3, 0.4) is 0 Å². The molecule has 112 valence electrons. The van der Waals surface area contributed by atoms with E-state index in [1.807, 2.05) is 19.9 Å². The maximum Gasteiger partial charge on any atom is 0.326 e. The first kappa shape index (κ1) is 15.6. The minimum absolute atomic E-state index is 0.211. The van der Waals surface area contributed by atoms with E-state index in [1.54, 1.807) is 12.1 Å². The van der Waals surface area contributed by atoms with Crippen molar-refractivity contribution in [1.29, 1.82) is 0 Å². The SMILES string of the molecule is CCOc1cc(/C=C2\NC(=O)NC2=O)cc(I)c1OCC. The summed E-state index contributed by atoms with van der Waals surface area (Å²) in [5.74, 6) is 0.853. The number of imide groups is 1. The third kappa shape index (κ3) is 3.66. The minimum Gasteiger partial charge on any atom is -0.490 e. The van der Waals surface area contributed by atoms with E-state index in [0.717, 1.165) is 9.13 Å². The fraction of sp³-hybridized carbons (Fsp3) is 0.286. The van der Waals surface area contributed by atoms with Crippen molar-refractivity contribution >= 4 is 40.6 Å². The maximum absolute atomic E-state index is 11.5. The number of benzene rings is 1. The molecule has 0 spiro atoms. The molecule has 1 aromatic rings. The van der Waals surface area contributed by atoms with Crippen molar-refractivity contribution in [2.75, 3.05) is 13.2 Å². The minimum atomic E-state index is -0.517. The Balaban J connectivity index is 2.39. The van der Waals surface area contributed by atoms with Crippen LogP contribution in [-0.4, -0.2) is 25.2 Å². The molecule has 0 unspecified atom stereocenters. The Morgan fingerprint density at radius 3 is 2.43 bits per heavy atom. The molecule has 0 aromatic heterocycles. The predicted octanol–water partition coefficient (Wildman–Crippen LogP) is 2.27. The van der Waals surface area contributed by atoms with Crippen LogP contribution in [0.1, 0.15) is 19.4 Å². The molecule has 0 saturated carbocycles. The van der Waals surface area contributed by atoms with Crippen LogP contribution < -0.4 is 20.1 Å². The average Bonchev–Trinajstić information content (AvgIpc) is 2.72.